The summed E-state index contributed by atoms with van der Waals surface area (Å²) in [5.41, 5.74) is 4.89. The molecule has 0 bridgehead atoms. The molecule has 0 radical (unpaired) electrons. The van der Waals surface area contributed by atoms with Gasteiger partial charge in [-0.25, -0.2) is 0 Å². The van der Waals surface area contributed by atoms with Crippen molar-refractivity contribution in [2.45, 2.75) is 64.7 Å². The van der Waals surface area contributed by atoms with Crippen molar-refractivity contribution in [1.29, 1.82) is 0 Å². The highest BCUT2D eigenvalue weighted by molar-refractivity contribution is 6.76. The number of nitrogens with one attached hydrogen (secondary N) is 2. The van der Waals surface area contributed by atoms with E-state index in [4.69, 9.17) is 4.74 Å². The van der Waals surface area contributed by atoms with Crippen molar-refractivity contribution in [2.24, 2.45) is 5.41 Å². The van der Waals surface area contributed by atoms with E-state index in [2.05, 4.69) is 53.9 Å². The van der Waals surface area contributed by atoms with Crippen molar-refractivity contribution in [2.75, 3.05) is 24.8 Å². The van der Waals surface area contributed by atoms with Gasteiger partial charge in [0, 0.05) is 25.9 Å². The van der Waals surface area contributed by atoms with Crippen molar-refractivity contribution in [3.8, 4) is 0 Å². The van der Waals surface area contributed by atoms with E-state index in [1.54, 1.807) is 11.1 Å². The molecule has 8 nitrogen and oxygen atoms in total. The molecule has 3 N–H and O–H groups in total. The maximum atomic E-state index is 14.0. The molecule has 0 saturated carbocycles. The topological polar surface area (TPSA) is 107 Å². The number of fused-ring (bicyclic) bond motifs is 1. The summed E-state index contributed by atoms with van der Waals surface area (Å²) in [6.45, 7) is 12.0. The van der Waals surface area contributed by atoms with Crippen LogP contribution in [0.1, 0.15) is 59.2 Å². The zero-order chi connectivity index (χ0) is 25.9. The molecule has 1 amide bonds. The Balaban J connectivity index is 1.66. The number of nitrogens with zero attached hydrogens (tertiary/aromatic N) is 3. The van der Waals surface area contributed by atoms with E-state index in [9.17, 15) is 9.90 Å². The number of hydrogen-bond donors (Lipinski definition) is 3. The van der Waals surface area contributed by atoms with E-state index in [1.807, 2.05) is 30.3 Å². The highest BCUT2D eigenvalue weighted by atomic mass is 28.3. The molecule has 194 valence electrons. The fraction of sp³-hybridized carbons (Fsp3) is 0.519. The number of aliphatic hydroxyl groups excluding tert-OH is 1. The third kappa shape index (κ3) is 5.96. The Bertz CT molecular complexity index is 1170. The highest BCUT2D eigenvalue weighted by Gasteiger charge is 2.34. The molecule has 1 atom stereocenters. The molecule has 9 heteroatoms. The summed E-state index contributed by atoms with van der Waals surface area (Å²) in [5.74, 6) is -0.567. The fourth-order valence-electron chi connectivity index (χ4n) is 4.73. The summed E-state index contributed by atoms with van der Waals surface area (Å²) in [5, 5.41) is 25.2. The van der Waals surface area contributed by atoms with E-state index in [0.717, 1.165) is 42.1 Å². The van der Waals surface area contributed by atoms with Crippen LogP contribution in [0.25, 0.3) is 0 Å². The number of aliphatic hydroxyl groups is 1. The van der Waals surface area contributed by atoms with Crippen molar-refractivity contribution in [1.82, 2.24) is 20.4 Å². The van der Waals surface area contributed by atoms with E-state index >= 15 is 0 Å². The Hall–Kier alpha value is -2.75. The Morgan fingerprint density at radius 2 is 1.97 bits per heavy atom. The van der Waals surface area contributed by atoms with Crippen LogP contribution in [0.3, 0.4) is 0 Å². The summed E-state index contributed by atoms with van der Waals surface area (Å²) in [6, 6.07) is 10.8. The number of rotatable bonds is 10. The summed E-state index contributed by atoms with van der Waals surface area (Å²) < 4.78 is 6.06. The minimum atomic E-state index is -1.29. The van der Waals surface area contributed by atoms with Crippen molar-refractivity contribution >= 4 is 19.7 Å². The Morgan fingerprint density at radius 1 is 1.22 bits per heavy atom. The maximum Gasteiger partial charge on any atom is 0.281 e. The lowest BCUT2D eigenvalue weighted by atomic mass is 9.76. The van der Waals surface area contributed by atoms with E-state index in [1.165, 1.54) is 0 Å². The van der Waals surface area contributed by atoms with Crippen LogP contribution < -0.4 is 4.90 Å². The second-order valence-corrected chi connectivity index (χ2v) is 17.4. The number of benzene rings is 1. The molecule has 1 unspecified atom stereocenters. The Labute approximate surface area is 214 Å². The number of amides is 1. The Kier molecular flexibility index (Phi) is 7.82. The fourth-order valence-corrected chi connectivity index (χ4v) is 5.49. The molecule has 1 aliphatic carbocycles. The van der Waals surface area contributed by atoms with E-state index in [0.29, 0.717) is 23.7 Å². The summed E-state index contributed by atoms with van der Waals surface area (Å²) >= 11 is 0. The van der Waals surface area contributed by atoms with Gasteiger partial charge < -0.3 is 9.84 Å². The molecule has 1 aromatic carbocycles. The number of hydrogen-bond acceptors (Lipinski definition) is 5. The van der Waals surface area contributed by atoms with Crippen LogP contribution in [-0.2, 0) is 17.6 Å². The van der Waals surface area contributed by atoms with E-state index in [-0.39, 0.29) is 30.6 Å². The lowest BCUT2D eigenvalue weighted by Crippen LogP contribution is -2.36. The molecule has 0 saturated heterocycles. The maximum absolute atomic E-state index is 14.0. The SMILES string of the molecule is CC1(C)CCc2c(C(=O)N(COCC[Si](C)(C)C)c3cn[nH]c3C(CO)c3ccccc3)n[nH]c2C1. The second kappa shape index (κ2) is 10.7. The second-order valence-electron chi connectivity index (χ2n) is 11.8. The summed E-state index contributed by atoms with van der Waals surface area (Å²) in [7, 11) is -1.29. The molecule has 3 aromatic rings. The average molecular weight is 510 g/mol. The molecule has 0 spiro atoms. The largest absolute Gasteiger partial charge is 0.395 e. The van der Waals surface area contributed by atoms with Gasteiger partial charge in [0.1, 0.15) is 6.73 Å². The first kappa shape index (κ1) is 26.3. The average Bonchev–Trinajstić information content (AvgIpc) is 3.46. The predicted molar refractivity (Wildman–Crippen MR) is 144 cm³/mol. The molecular formula is C27H39N5O3Si. The van der Waals surface area contributed by atoms with Gasteiger partial charge in [-0.05, 0) is 36.3 Å². The van der Waals surface area contributed by atoms with Crippen LogP contribution in [0.2, 0.25) is 25.7 Å². The number of carbonyl (C=O) groups is 1. The minimum Gasteiger partial charge on any atom is -0.395 e. The van der Waals surface area contributed by atoms with Crippen molar-refractivity contribution in [3.05, 3.63) is 64.7 Å². The minimum absolute atomic E-state index is 0.0932. The molecular weight excluding hydrogens is 470 g/mol. The first-order chi connectivity index (χ1) is 17.1. The monoisotopic (exact) mass is 509 g/mol. The molecule has 0 fully saturated rings. The summed E-state index contributed by atoms with van der Waals surface area (Å²) in [4.78, 5) is 15.6. The third-order valence-corrected chi connectivity index (χ3v) is 8.70. The van der Waals surface area contributed by atoms with Gasteiger partial charge in [-0.15, -0.1) is 0 Å². The summed E-state index contributed by atoms with van der Waals surface area (Å²) in [6.07, 6.45) is 4.33. The number of ether oxygens (including phenoxy) is 1. The first-order valence-corrected chi connectivity index (χ1v) is 16.4. The van der Waals surface area contributed by atoms with Crippen LogP contribution in [0.5, 0.6) is 0 Å². The van der Waals surface area contributed by atoms with Crippen LogP contribution in [0, 0.1) is 5.41 Å². The van der Waals surface area contributed by atoms with Crippen LogP contribution >= 0.6 is 0 Å². The van der Waals surface area contributed by atoms with Crippen LogP contribution in [0.4, 0.5) is 5.69 Å². The van der Waals surface area contributed by atoms with Gasteiger partial charge >= 0.3 is 0 Å². The van der Waals surface area contributed by atoms with Gasteiger partial charge in [0.15, 0.2) is 5.69 Å². The zero-order valence-electron chi connectivity index (χ0n) is 22.1. The van der Waals surface area contributed by atoms with Crippen LogP contribution in [0.15, 0.2) is 36.5 Å². The van der Waals surface area contributed by atoms with Gasteiger partial charge in [0.2, 0.25) is 0 Å². The number of H-pyrrole nitrogens is 2. The third-order valence-electron chi connectivity index (χ3n) is 7.00. The standard InChI is InChI=1S/C27H39N5O3Si/c1-27(2)12-11-20-22(15-27)29-31-25(20)26(34)32(18-35-13-14-36(3,4)5)23-16-28-30-24(23)21(17-33)19-9-7-6-8-10-19/h6-10,16,21,33H,11-15,17-18H2,1-5H3,(H,28,30)(H,29,31). The van der Waals surface area contributed by atoms with E-state index < -0.39 is 8.07 Å². The van der Waals surface area contributed by atoms with Gasteiger partial charge in [-0.1, -0.05) is 63.8 Å². The zero-order valence-corrected chi connectivity index (χ0v) is 23.1. The lowest BCUT2D eigenvalue weighted by molar-refractivity contribution is 0.0893. The molecule has 0 aliphatic heterocycles. The smallest absolute Gasteiger partial charge is 0.281 e. The highest BCUT2D eigenvalue weighted by Crippen LogP contribution is 2.36. The van der Waals surface area contributed by atoms with Crippen LogP contribution in [-0.4, -0.2) is 59.4 Å². The molecule has 36 heavy (non-hydrogen) atoms. The van der Waals surface area contributed by atoms with Gasteiger partial charge in [0.05, 0.1) is 30.1 Å². The number of anilines is 1. The molecule has 1 aliphatic rings. The molecule has 2 aromatic heterocycles. The normalized spacial score (nSPS) is 15.9. The molecule has 4 rings (SSSR count). The van der Waals surface area contributed by atoms with Gasteiger partial charge in [0.25, 0.3) is 5.91 Å². The quantitative estimate of drug-likeness (QED) is 0.208. The van der Waals surface area contributed by atoms with Crippen molar-refractivity contribution < 1.29 is 14.6 Å². The van der Waals surface area contributed by atoms with Crippen molar-refractivity contribution in [3.63, 3.8) is 0 Å². The lowest BCUT2D eigenvalue weighted by Gasteiger charge is -2.29. The number of carbonyl (C=O) groups excluding carboxylic acids is 1. The predicted octanol–water partition coefficient (Wildman–Crippen LogP) is 4.73. The number of aromatic nitrogens is 4. The van der Waals surface area contributed by atoms with Gasteiger partial charge in [-0.2, -0.15) is 10.2 Å². The number of aromatic amines is 2. The molecule has 2 heterocycles. The van der Waals surface area contributed by atoms with Gasteiger partial charge in [-0.3, -0.25) is 19.9 Å². The first-order valence-electron chi connectivity index (χ1n) is 12.7. The Morgan fingerprint density at radius 3 is 2.67 bits per heavy atom.